The van der Waals surface area contributed by atoms with E-state index in [1.807, 2.05) is 64.4 Å². The van der Waals surface area contributed by atoms with Crippen molar-refractivity contribution in [3.8, 4) is 0 Å². The third-order valence-corrected chi connectivity index (χ3v) is 6.02. The van der Waals surface area contributed by atoms with Crippen LogP contribution in [-0.4, -0.2) is 54.6 Å². The Balaban J connectivity index is 2.02. The number of carbonyl (C=O) groups is 1. The average Bonchev–Trinajstić information content (AvgIpc) is 3.19. The van der Waals surface area contributed by atoms with Gasteiger partial charge in [-0.05, 0) is 70.2 Å². The fraction of sp³-hybridized carbons (Fsp3) is 0.400. The lowest BCUT2D eigenvalue weighted by atomic mass is 9.86. The van der Waals surface area contributed by atoms with Crippen molar-refractivity contribution in [3.05, 3.63) is 76.6 Å². The fourth-order valence-corrected chi connectivity index (χ4v) is 4.15. The van der Waals surface area contributed by atoms with Crippen LogP contribution in [0.2, 0.25) is 5.02 Å². The summed E-state index contributed by atoms with van der Waals surface area (Å²) in [6.07, 6.45) is 3.24. The van der Waals surface area contributed by atoms with Crippen molar-refractivity contribution in [3.63, 3.8) is 0 Å². The van der Waals surface area contributed by atoms with Gasteiger partial charge in [0.25, 0.3) is 0 Å². The van der Waals surface area contributed by atoms with E-state index < -0.39 is 11.4 Å². The number of carbonyl (C=O) groups excluding carboxylic acids is 1. The van der Waals surface area contributed by atoms with Gasteiger partial charge in [-0.2, -0.15) is 0 Å². The lowest BCUT2D eigenvalue weighted by Crippen LogP contribution is -2.50. The largest absolute Gasteiger partial charge is 0.374 e. The number of nitrogens with zero attached hydrogens (tertiary/aromatic N) is 3. The van der Waals surface area contributed by atoms with Gasteiger partial charge in [0.15, 0.2) is 5.76 Å². The Kier molecular flexibility index (Phi) is 7.80. The Morgan fingerprint density at radius 1 is 1.12 bits per heavy atom. The number of amides is 2. The van der Waals surface area contributed by atoms with Gasteiger partial charge < -0.3 is 14.6 Å². The predicted octanol–water partition coefficient (Wildman–Crippen LogP) is 5.77. The summed E-state index contributed by atoms with van der Waals surface area (Å²) < 4.78 is 14.7. The van der Waals surface area contributed by atoms with Crippen LogP contribution in [-0.2, 0) is 10.4 Å². The van der Waals surface area contributed by atoms with E-state index in [1.165, 1.54) is 23.3 Å². The van der Waals surface area contributed by atoms with Crippen LogP contribution < -0.4 is 0 Å². The second kappa shape index (κ2) is 10.4. The number of rotatable bonds is 8. The second-order valence-electron chi connectivity index (χ2n) is 8.18. The van der Waals surface area contributed by atoms with Gasteiger partial charge in [0.05, 0.1) is 5.56 Å². The molecule has 0 spiro atoms. The molecule has 1 unspecified atom stereocenters. The van der Waals surface area contributed by atoms with E-state index in [2.05, 4.69) is 4.90 Å². The van der Waals surface area contributed by atoms with E-state index in [0.717, 1.165) is 18.5 Å². The highest BCUT2D eigenvalue weighted by Crippen LogP contribution is 2.44. The molecule has 1 heterocycles. The summed E-state index contributed by atoms with van der Waals surface area (Å²) in [5.41, 5.74) is 0.270. The summed E-state index contributed by atoms with van der Waals surface area (Å²) in [5.74, 6) is -0.167. The normalized spacial score (nSPS) is 18.0. The van der Waals surface area contributed by atoms with Crippen molar-refractivity contribution >= 4 is 23.4 Å². The molecule has 0 saturated heterocycles. The molecule has 7 heteroatoms. The average molecular weight is 460 g/mol. The molecule has 3 rings (SSSR count). The second-order valence-corrected chi connectivity index (χ2v) is 8.62. The first-order valence-corrected chi connectivity index (χ1v) is 11.4. The first-order valence-electron chi connectivity index (χ1n) is 11.0. The topological polar surface area (TPSA) is 36.0 Å². The lowest BCUT2D eigenvalue weighted by molar-refractivity contribution is -0.0992. The summed E-state index contributed by atoms with van der Waals surface area (Å²) in [6.45, 7) is 5.96. The molecule has 32 heavy (non-hydrogen) atoms. The first kappa shape index (κ1) is 24.1. The van der Waals surface area contributed by atoms with Crippen LogP contribution in [0.25, 0.3) is 5.76 Å². The van der Waals surface area contributed by atoms with E-state index in [1.54, 1.807) is 4.90 Å². The molecular weight excluding hydrogens is 429 g/mol. The van der Waals surface area contributed by atoms with Crippen LogP contribution in [0, 0.1) is 5.82 Å². The van der Waals surface area contributed by atoms with Gasteiger partial charge >= 0.3 is 6.03 Å². The van der Waals surface area contributed by atoms with Crippen LogP contribution in [0.15, 0.2) is 54.6 Å². The van der Waals surface area contributed by atoms with Crippen molar-refractivity contribution in [2.24, 2.45) is 0 Å². The lowest BCUT2D eigenvalue weighted by Gasteiger charge is -2.38. The quantitative estimate of drug-likeness (QED) is 0.503. The predicted molar refractivity (Wildman–Crippen MR) is 127 cm³/mol. The number of benzene rings is 2. The summed E-state index contributed by atoms with van der Waals surface area (Å²) in [7, 11) is 4.02. The van der Waals surface area contributed by atoms with Gasteiger partial charge in [-0.25, -0.2) is 9.18 Å². The van der Waals surface area contributed by atoms with Gasteiger partial charge in [-0.3, -0.25) is 0 Å². The van der Waals surface area contributed by atoms with Crippen molar-refractivity contribution in [2.75, 3.05) is 33.7 Å². The molecule has 1 aliphatic heterocycles. The van der Waals surface area contributed by atoms with Crippen molar-refractivity contribution in [2.45, 2.75) is 32.2 Å². The van der Waals surface area contributed by atoms with Crippen LogP contribution >= 0.6 is 11.6 Å². The monoisotopic (exact) mass is 459 g/mol. The summed E-state index contributed by atoms with van der Waals surface area (Å²) in [5, 5.41) is 1.80. The number of hydrogen-bond donors (Lipinski definition) is 0. The fourth-order valence-electron chi connectivity index (χ4n) is 3.98. The first-order chi connectivity index (χ1) is 15.3. The van der Waals surface area contributed by atoms with Gasteiger partial charge in [0.1, 0.15) is 11.4 Å². The Bertz CT molecular complexity index is 967. The van der Waals surface area contributed by atoms with E-state index in [-0.39, 0.29) is 17.4 Å². The minimum Gasteiger partial charge on any atom is -0.374 e. The summed E-state index contributed by atoms with van der Waals surface area (Å²) in [6, 6.07) is 13.8. The molecular formula is C25H31ClFN3O2. The summed E-state index contributed by atoms with van der Waals surface area (Å²) >= 11 is 6.13. The molecule has 0 bridgehead atoms. The number of hydrogen-bond acceptors (Lipinski definition) is 3. The van der Waals surface area contributed by atoms with Crippen molar-refractivity contribution < 1.29 is 14.0 Å². The van der Waals surface area contributed by atoms with Gasteiger partial charge in [-0.1, -0.05) is 48.9 Å². The maximum absolute atomic E-state index is 14.7. The van der Waals surface area contributed by atoms with Crippen LogP contribution in [0.5, 0.6) is 0 Å². The Morgan fingerprint density at radius 3 is 2.47 bits per heavy atom. The number of halogens is 2. The highest BCUT2D eigenvalue weighted by molar-refractivity contribution is 6.30. The zero-order valence-electron chi connectivity index (χ0n) is 19.1. The molecule has 1 aliphatic rings. The van der Waals surface area contributed by atoms with Crippen LogP contribution in [0.4, 0.5) is 9.18 Å². The maximum atomic E-state index is 14.7. The Labute approximate surface area is 195 Å². The van der Waals surface area contributed by atoms with Gasteiger partial charge in [0.2, 0.25) is 0 Å². The smallest absolute Gasteiger partial charge is 0.354 e. The van der Waals surface area contributed by atoms with E-state index in [9.17, 15) is 9.18 Å². The van der Waals surface area contributed by atoms with E-state index in [4.69, 9.17) is 16.4 Å². The number of urea groups is 1. The molecule has 5 nitrogen and oxygen atoms in total. The zero-order valence-corrected chi connectivity index (χ0v) is 19.9. The minimum atomic E-state index is -0.864. The number of hydroxylamine groups is 2. The molecule has 0 saturated carbocycles. The molecule has 0 N–H and O–H groups in total. The van der Waals surface area contributed by atoms with Crippen LogP contribution in [0.1, 0.15) is 37.8 Å². The molecule has 0 aromatic heterocycles. The van der Waals surface area contributed by atoms with Crippen molar-refractivity contribution in [1.82, 2.24) is 14.9 Å². The highest BCUT2D eigenvalue weighted by atomic mass is 35.5. The molecule has 2 aromatic rings. The molecule has 2 aromatic carbocycles. The summed E-state index contributed by atoms with van der Waals surface area (Å²) in [4.78, 5) is 23.7. The third kappa shape index (κ3) is 4.92. The molecule has 0 fully saturated rings. The molecule has 2 amide bonds. The van der Waals surface area contributed by atoms with E-state index in [0.29, 0.717) is 24.5 Å². The molecule has 172 valence electrons. The van der Waals surface area contributed by atoms with Gasteiger partial charge in [-0.15, -0.1) is 5.06 Å². The zero-order chi connectivity index (χ0) is 23.3. The molecule has 1 atom stereocenters. The SMILES string of the molecule is CCN(CCCN(C)C)C(=O)N1OC(c2cc(Cl)ccc2F)=CC1(CC)c1ccccc1. The van der Waals surface area contributed by atoms with Crippen LogP contribution in [0.3, 0.4) is 0 Å². The third-order valence-electron chi connectivity index (χ3n) is 5.79. The Morgan fingerprint density at radius 2 is 1.84 bits per heavy atom. The molecule has 0 radical (unpaired) electrons. The van der Waals surface area contributed by atoms with E-state index >= 15 is 0 Å². The minimum absolute atomic E-state index is 0.234. The maximum Gasteiger partial charge on any atom is 0.354 e. The highest BCUT2D eigenvalue weighted by Gasteiger charge is 2.47. The standard InChI is InChI=1S/C25H31ClFN3O2/c1-5-25(19-11-8-7-9-12-19)18-23(21-17-20(26)13-14-22(21)27)32-30(25)24(31)29(6-2)16-10-15-28(3)4/h7-9,11-14,17-18H,5-6,10,15-16H2,1-4H3. The Hall–Kier alpha value is -2.57. The van der Waals surface area contributed by atoms with Crippen molar-refractivity contribution in [1.29, 1.82) is 0 Å². The van der Waals surface area contributed by atoms with Gasteiger partial charge in [0, 0.05) is 18.1 Å². The molecule has 0 aliphatic carbocycles.